The summed E-state index contributed by atoms with van der Waals surface area (Å²) >= 11 is 0. The second-order valence-corrected chi connectivity index (χ2v) is 6.28. The van der Waals surface area contributed by atoms with Gasteiger partial charge < -0.3 is 15.0 Å². The quantitative estimate of drug-likeness (QED) is 0.819. The van der Waals surface area contributed by atoms with Gasteiger partial charge in [-0.3, -0.25) is 0 Å². The molecule has 0 amide bonds. The van der Waals surface area contributed by atoms with E-state index in [0.717, 1.165) is 18.8 Å². The van der Waals surface area contributed by atoms with Crippen LogP contribution in [0.3, 0.4) is 0 Å². The summed E-state index contributed by atoms with van der Waals surface area (Å²) in [6.45, 7) is 8.86. The molecule has 108 valence electrons. The molecular formula is C16H28N2O. The van der Waals surface area contributed by atoms with Crippen molar-refractivity contribution in [3.05, 3.63) is 29.8 Å². The number of hydrogen-bond acceptors (Lipinski definition) is 3. The van der Waals surface area contributed by atoms with E-state index in [2.05, 4.69) is 57.2 Å². The van der Waals surface area contributed by atoms with Crippen molar-refractivity contribution in [1.82, 2.24) is 10.2 Å². The number of benzene rings is 1. The smallest absolute Gasteiger partial charge is 0.118 e. The first kappa shape index (κ1) is 16.0. The lowest BCUT2D eigenvalue weighted by Gasteiger charge is -2.30. The molecule has 1 rings (SSSR count). The number of methoxy groups -OCH3 is 1. The summed E-state index contributed by atoms with van der Waals surface area (Å²) in [7, 11) is 5.93. The van der Waals surface area contributed by atoms with Crippen LogP contribution in [0.5, 0.6) is 5.75 Å². The molecule has 1 N–H and O–H groups in total. The Morgan fingerprint density at radius 2 is 1.79 bits per heavy atom. The molecule has 0 spiro atoms. The maximum Gasteiger partial charge on any atom is 0.118 e. The Morgan fingerprint density at radius 3 is 2.26 bits per heavy atom. The van der Waals surface area contributed by atoms with Crippen molar-refractivity contribution < 1.29 is 4.74 Å². The minimum atomic E-state index is 0.268. The second-order valence-electron chi connectivity index (χ2n) is 6.28. The molecule has 0 aliphatic carbocycles. The van der Waals surface area contributed by atoms with E-state index < -0.39 is 0 Å². The van der Waals surface area contributed by atoms with Gasteiger partial charge in [0, 0.05) is 19.1 Å². The van der Waals surface area contributed by atoms with Crippen molar-refractivity contribution in [1.29, 1.82) is 0 Å². The summed E-state index contributed by atoms with van der Waals surface area (Å²) in [6, 6.07) is 8.62. The van der Waals surface area contributed by atoms with E-state index >= 15 is 0 Å². The Kier molecular flexibility index (Phi) is 5.83. The average molecular weight is 264 g/mol. The zero-order chi connectivity index (χ0) is 14.5. The lowest BCUT2D eigenvalue weighted by atomic mass is 9.92. The number of rotatable bonds is 7. The van der Waals surface area contributed by atoms with Crippen LogP contribution in [0, 0.1) is 5.41 Å². The molecule has 0 fully saturated rings. The molecule has 0 aliphatic rings. The van der Waals surface area contributed by atoms with Gasteiger partial charge in [-0.1, -0.05) is 26.0 Å². The Labute approximate surface area is 118 Å². The molecular weight excluding hydrogens is 236 g/mol. The Bertz CT molecular complexity index is 371. The number of nitrogens with zero attached hydrogens (tertiary/aromatic N) is 1. The number of nitrogens with one attached hydrogen (secondary N) is 1. The Balaban J connectivity index is 2.52. The third kappa shape index (κ3) is 5.62. The van der Waals surface area contributed by atoms with Crippen molar-refractivity contribution in [2.45, 2.75) is 26.8 Å². The summed E-state index contributed by atoms with van der Waals surface area (Å²) in [5, 5.41) is 3.61. The highest BCUT2D eigenvalue weighted by molar-refractivity contribution is 5.28. The SMILES string of the molecule is COc1ccc(C(C)NCC(C)(C)CN(C)C)cc1. The molecule has 0 radical (unpaired) electrons. The normalized spacial score (nSPS) is 13.6. The van der Waals surface area contributed by atoms with Gasteiger partial charge in [-0.15, -0.1) is 0 Å². The monoisotopic (exact) mass is 264 g/mol. The van der Waals surface area contributed by atoms with E-state index in [9.17, 15) is 0 Å². The van der Waals surface area contributed by atoms with Crippen molar-refractivity contribution in [3.63, 3.8) is 0 Å². The summed E-state index contributed by atoms with van der Waals surface area (Å²) < 4.78 is 5.18. The molecule has 0 bridgehead atoms. The lowest BCUT2D eigenvalue weighted by molar-refractivity contribution is 0.227. The van der Waals surface area contributed by atoms with Crippen molar-refractivity contribution in [2.24, 2.45) is 5.41 Å². The van der Waals surface area contributed by atoms with Gasteiger partial charge in [-0.25, -0.2) is 0 Å². The Morgan fingerprint density at radius 1 is 1.21 bits per heavy atom. The molecule has 0 saturated carbocycles. The maximum absolute atomic E-state index is 5.18. The zero-order valence-corrected chi connectivity index (χ0v) is 13.2. The molecule has 0 saturated heterocycles. The topological polar surface area (TPSA) is 24.5 Å². The highest BCUT2D eigenvalue weighted by Gasteiger charge is 2.19. The van der Waals surface area contributed by atoms with E-state index in [4.69, 9.17) is 4.74 Å². The van der Waals surface area contributed by atoms with Gasteiger partial charge in [0.2, 0.25) is 0 Å². The van der Waals surface area contributed by atoms with Crippen molar-refractivity contribution in [3.8, 4) is 5.75 Å². The minimum Gasteiger partial charge on any atom is -0.497 e. The van der Waals surface area contributed by atoms with Crippen LogP contribution in [0.15, 0.2) is 24.3 Å². The molecule has 0 heterocycles. The summed E-state index contributed by atoms with van der Waals surface area (Å²) in [5.41, 5.74) is 1.56. The molecule has 1 atom stereocenters. The highest BCUT2D eigenvalue weighted by atomic mass is 16.5. The van der Waals surface area contributed by atoms with E-state index in [1.165, 1.54) is 5.56 Å². The van der Waals surface area contributed by atoms with E-state index in [0.29, 0.717) is 6.04 Å². The van der Waals surface area contributed by atoms with Crippen LogP contribution < -0.4 is 10.1 Å². The van der Waals surface area contributed by atoms with E-state index in [1.54, 1.807) is 7.11 Å². The predicted molar refractivity (Wildman–Crippen MR) is 81.7 cm³/mol. The molecule has 1 unspecified atom stereocenters. The van der Waals surface area contributed by atoms with Crippen LogP contribution in [-0.4, -0.2) is 39.2 Å². The number of hydrogen-bond donors (Lipinski definition) is 1. The van der Waals surface area contributed by atoms with Crippen LogP contribution in [0.4, 0.5) is 0 Å². The van der Waals surface area contributed by atoms with Crippen molar-refractivity contribution >= 4 is 0 Å². The second kappa shape index (κ2) is 6.92. The van der Waals surface area contributed by atoms with Gasteiger partial charge in [0.1, 0.15) is 5.75 Å². The molecule has 19 heavy (non-hydrogen) atoms. The van der Waals surface area contributed by atoms with Gasteiger partial charge in [-0.05, 0) is 44.1 Å². The van der Waals surface area contributed by atoms with E-state index in [-0.39, 0.29) is 5.41 Å². The summed E-state index contributed by atoms with van der Waals surface area (Å²) in [6.07, 6.45) is 0. The first-order chi connectivity index (χ1) is 8.84. The average Bonchev–Trinajstić information content (AvgIpc) is 2.34. The molecule has 3 nitrogen and oxygen atoms in total. The predicted octanol–water partition coefficient (Wildman–Crippen LogP) is 2.93. The molecule has 0 aliphatic heterocycles. The largest absolute Gasteiger partial charge is 0.497 e. The van der Waals surface area contributed by atoms with Crippen LogP contribution in [0.25, 0.3) is 0 Å². The van der Waals surface area contributed by atoms with Gasteiger partial charge >= 0.3 is 0 Å². The number of ether oxygens (including phenoxy) is 1. The fraction of sp³-hybridized carbons (Fsp3) is 0.625. The first-order valence-electron chi connectivity index (χ1n) is 6.86. The first-order valence-corrected chi connectivity index (χ1v) is 6.86. The minimum absolute atomic E-state index is 0.268. The van der Waals surface area contributed by atoms with Crippen molar-refractivity contribution in [2.75, 3.05) is 34.3 Å². The van der Waals surface area contributed by atoms with Crippen LogP contribution in [0.2, 0.25) is 0 Å². The summed E-state index contributed by atoms with van der Waals surface area (Å²) in [4.78, 5) is 2.24. The lowest BCUT2D eigenvalue weighted by Crippen LogP contribution is -2.38. The van der Waals surface area contributed by atoms with Crippen LogP contribution >= 0.6 is 0 Å². The Hall–Kier alpha value is -1.06. The fourth-order valence-electron chi connectivity index (χ4n) is 2.35. The van der Waals surface area contributed by atoms with Gasteiger partial charge in [-0.2, -0.15) is 0 Å². The third-order valence-corrected chi connectivity index (χ3v) is 3.25. The van der Waals surface area contributed by atoms with Crippen LogP contribution in [0.1, 0.15) is 32.4 Å². The van der Waals surface area contributed by atoms with Gasteiger partial charge in [0.15, 0.2) is 0 Å². The molecule has 0 aromatic heterocycles. The standard InChI is InChI=1S/C16H28N2O/c1-13(14-7-9-15(19-6)10-8-14)17-11-16(2,3)12-18(4)5/h7-10,13,17H,11-12H2,1-6H3. The van der Waals surface area contributed by atoms with Gasteiger partial charge in [0.25, 0.3) is 0 Å². The van der Waals surface area contributed by atoms with Crippen LogP contribution in [-0.2, 0) is 0 Å². The third-order valence-electron chi connectivity index (χ3n) is 3.25. The summed E-state index contributed by atoms with van der Waals surface area (Å²) in [5.74, 6) is 0.906. The van der Waals surface area contributed by atoms with E-state index in [1.807, 2.05) is 12.1 Å². The maximum atomic E-state index is 5.18. The highest BCUT2D eigenvalue weighted by Crippen LogP contribution is 2.20. The zero-order valence-electron chi connectivity index (χ0n) is 13.2. The van der Waals surface area contributed by atoms with Gasteiger partial charge in [0.05, 0.1) is 7.11 Å². The molecule has 1 aromatic carbocycles. The molecule has 1 aromatic rings. The fourth-order valence-corrected chi connectivity index (χ4v) is 2.35. The molecule has 3 heteroatoms.